The number of H-pyrrole nitrogens is 1. The lowest BCUT2D eigenvalue weighted by Crippen LogP contribution is -2.31. The molecule has 0 unspecified atom stereocenters. The van der Waals surface area contributed by atoms with E-state index >= 15 is 0 Å². The molecule has 0 fully saturated rings. The molecule has 0 atom stereocenters. The molecule has 0 radical (unpaired) electrons. The molecule has 0 aliphatic carbocycles. The first-order valence-corrected chi connectivity index (χ1v) is 4.64. The van der Waals surface area contributed by atoms with Gasteiger partial charge in [-0.2, -0.15) is 0 Å². The smallest absolute Gasteiger partial charge is 0.260 e. The summed E-state index contributed by atoms with van der Waals surface area (Å²) in [7, 11) is 0. The molecule has 2 N–H and O–H groups in total. The van der Waals surface area contributed by atoms with E-state index in [0.29, 0.717) is 5.69 Å². The van der Waals surface area contributed by atoms with Crippen LogP contribution >= 0.6 is 0 Å². The monoisotopic (exact) mass is 221 g/mol. The van der Waals surface area contributed by atoms with Crippen LogP contribution in [-0.2, 0) is 0 Å². The van der Waals surface area contributed by atoms with Gasteiger partial charge in [0.1, 0.15) is 5.56 Å². The van der Waals surface area contributed by atoms with Gasteiger partial charge in [-0.25, -0.2) is 0 Å². The molecule has 84 valence electrons. The highest BCUT2D eigenvalue weighted by Crippen LogP contribution is 1.93. The summed E-state index contributed by atoms with van der Waals surface area (Å²) in [6, 6.07) is 3.10. The molecular weight excluding hydrogens is 210 g/mol. The summed E-state index contributed by atoms with van der Waals surface area (Å²) in [6.45, 7) is 2.09. The quantitative estimate of drug-likeness (QED) is 0.338. The first kappa shape index (κ1) is 11.8. The van der Waals surface area contributed by atoms with Crippen LogP contribution in [0.5, 0.6) is 0 Å². The van der Waals surface area contributed by atoms with Crippen LogP contribution in [0.15, 0.2) is 22.0 Å². The van der Waals surface area contributed by atoms with E-state index in [0.717, 1.165) is 0 Å². The number of carbonyl (C=O) groups is 1. The minimum atomic E-state index is -0.477. The molecule has 1 aromatic rings. The largest absolute Gasteiger partial charge is 0.352 e. The molecule has 1 aromatic heterocycles. The predicted octanol–water partition coefficient (Wildman–Crippen LogP) is 0.723. The lowest BCUT2D eigenvalue weighted by atomic mass is 10.2. The Kier molecular flexibility index (Phi) is 4.11. The van der Waals surface area contributed by atoms with Crippen molar-refractivity contribution in [1.29, 1.82) is 0 Å². The van der Waals surface area contributed by atoms with Gasteiger partial charge in [0.05, 0.1) is 0 Å². The van der Waals surface area contributed by atoms with Crippen molar-refractivity contribution in [2.45, 2.75) is 6.92 Å². The van der Waals surface area contributed by atoms with Gasteiger partial charge in [0, 0.05) is 23.7 Å². The van der Waals surface area contributed by atoms with Gasteiger partial charge in [-0.1, -0.05) is 5.11 Å². The van der Waals surface area contributed by atoms with Crippen LogP contribution in [-0.4, -0.2) is 24.0 Å². The van der Waals surface area contributed by atoms with Gasteiger partial charge in [-0.3, -0.25) is 9.59 Å². The second-order valence-electron chi connectivity index (χ2n) is 3.09. The molecule has 7 heteroatoms. The molecule has 0 saturated carbocycles. The Morgan fingerprint density at radius 2 is 2.38 bits per heavy atom. The Labute approximate surface area is 91.1 Å². The van der Waals surface area contributed by atoms with Gasteiger partial charge in [0.2, 0.25) is 0 Å². The van der Waals surface area contributed by atoms with Crippen LogP contribution in [0.1, 0.15) is 16.1 Å². The van der Waals surface area contributed by atoms with Gasteiger partial charge in [-0.05, 0) is 24.6 Å². The van der Waals surface area contributed by atoms with Crippen molar-refractivity contribution in [2.75, 3.05) is 13.1 Å². The number of azide groups is 1. The predicted molar refractivity (Wildman–Crippen MR) is 58.1 cm³/mol. The van der Waals surface area contributed by atoms with Crippen molar-refractivity contribution in [3.05, 3.63) is 44.2 Å². The highest BCUT2D eigenvalue weighted by molar-refractivity contribution is 5.93. The van der Waals surface area contributed by atoms with Crippen LogP contribution in [0.3, 0.4) is 0 Å². The summed E-state index contributed by atoms with van der Waals surface area (Å²) in [4.78, 5) is 27.9. The number of aromatic amines is 1. The fourth-order valence-corrected chi connectivity index (χ4v) is 1.11. The van der Waals surface area contributed by atoms with Gasteiger partial charge in [0.15, 0.2) is 0 Å². The third kappa shape index (κ3) is 3.14. The molecule has 0 saturated heterocycles. The number of hydrogen-bond acceptors (Lipinski definition) is 3. The van der Waals surface area contributed by atoms with Gasteiger partial charge < -0.3 is 10.3 Å². The van der Waals surface area contributed by atoms with Crippen LogP contribution in [0.25, 0.3) is 10.4 Å². The number of amides is 1. The summed E-state index contributed by atoms with van der Waals surface area (Å²) < 4.78 is 0. The van der Waals surface area contributed by atoms with E-state index < -0.39 is 11.5 Å². The maximum Gasteiger partial charge on any atom is 0.260 e. The molecule has 16 heavy (non-hydrogen) atoms. The van der Waals surface area contributed by atoms with Crippen molar-refractivity contribution in [3.63, 3.8) is 0 Å². The molecule has 0 aromatic carbocycles. The van der Waals surface area contributed by atoms with Crippen molar-refractivity contribution in [1.82, 2.24) is 10.3 Å². The van der Waals surface area contributed by atoms with Crippen LogP contribution in [0.2, 0.25) is 0 Å². The van der Waals surface area contributed by atoms with Crippen LogP contribution in [0.4, 0.5) is 0 Å². The number of nitrogens with zero attached hydrogens (tertiary/aromatic N) is 3. The Morgan fingerprint density at radius 1 is 1.62 bits per heavy atom. The number of aryl methyl sites for hydroxylation is 1. The summed E-state index contributed by atoms with van der Waals surface area (Å²) >= 11 is 0. The molecule has 0 bridgehead atoms. The van der Waals surface area contributed by atoms with Gasteiger partial charge in [-0.15, -0.1) is 0 Å². The van der Waals surface area contributed by atoms with Crippen molar-refractivity contribution in [3.8, 4) is 0 Å². The number of nitrogens with one attached hydrogen (secondary N) is 2. The summed E-state index contributed by atoms with van der Waals surface area (Å²) in [5, 5.41) is 5.72. The molecule has 0 aliphatic rings. The van der Waals surface area contributed by atoms with Gasteiger partial charge >= 0.3 is 0 Å². The zero-order valence-corrected chi connectivity index (χ0v) is 8.73. The maximum absolute atomic E-state index is 11.5. The Bertz CT molecular complexity index is 487. The lowest BCUT2D eigenvalue weighted by Gasteiger charge is -2.02. The van der Waals surface area contributed by atoms with Gasteiger partial charge in [0.25, 0.3) is 11.5 Å². The Morgan fingerprint density at radius 3 is 3.00 bits per heavy atom. The fraction of sp³-hybridized carbons (Fsp3) is 0.333. The van der Waals surface area contributed by atoms with E-state index in [9.17, 15) is 9.59 Å². The third-order valence-electron chi connectivity index (χ3n) is 1.86. The molecule has 1 amide bonds. The number of rotatable bonds is 4. The second kappa shape index (κ2) is 5.57. The average molecular weight is 221 g/mol. The SMILES string of the molecule is Cc1ccc(C(=O)NCCN=[N+]=[N-])c(=O)[nH]1. The summed E-state index contributed by atoms with van der Waals surface area (Å²) in [6.07, 6.45) is 0. The number of hydrogen-bond donors (Lipinski definition) is 2. The second-order valence-corrected chi connectivity index (χ2v) is 3.09. The molecule has 0 spiro atoms. The average Bonchev–Trinajstić information content (AvgIpc) is 2.24. The zero-order valence-electron chi connectivity index (χ0n) is 8.73. The first-order valence-electron chi connectivity index (χ1n) is 4.64. The molecular formula is C9H11N5O2. The standard InChI is InChI=1S/C9H11N5O2/c1-6-2-3-7(9(16)13-6)8(15)11-4-5-12-14-10/h2-3H,4-5H2,1H3,(H,11,15)(H,13,16). The number of aromatic nitrogens is 1. The van der Waals surface area contributed by atoms with E-state index in [1.165, 1.54) is 6.07 Å². The fourth-order valence-electron chi connectivity index (χ4n) is 1.11. The Hall–Kier alpha value is -2.27. The van der Waals surface area contributed by atoms with E-state index in [2.05, 4.69) is 20.3 Å². The van der Waals surface area contributed by atoms with Crippen molar-refractivity contribution in [2.24, 2.45) is 5.11 Å². The minimum Gasteiger partial charge on any atom is -0.352 e. The topological polar surface area (TPSA) is 111 Å². The zero-order chi connectivity index (χ0) is 12.0. The third-order valence-corrected chi connectivity index (χ3v) is 1.86. The highest BCUT2D eigenvalue weighted by atomic mass is 16.2. The minimum absolute atomic E-state index is 0.0477. The van der Waals surface area contributed by atoms with Crippen molar-refractivity contribution >= 4 is 5.91 Å². The molecule has 0 aliphatic heterocycles. The summed E-state index contributed by atoms with van der Waals surface area (Å²) in [5.74, 6) is -0.477. The highest BCUT2D eigenvalue weighted by Gasteiger charge is 2.08. The first-order chi connectivity index (χ1) is 7.65. The van der Waals surface area contributed by atoms with E-state index in [1.54, 1.807) is 13.0 Å². The maximum atomic E-state index is 11.5. The van der Waals surface area contributed by atoms with Crippen molar-refractivity contribution < 1.29 is 4.79 Å². The molecule has 1 heterocycles. The number of pyridine rings is 1. The lowest BCUT2D eigenvalue weighted by molar-refractivity contribution is 0.0953. The Balaban J connectivity index is 2.66. The number of carbonyl (C=O) groups excluding carboxylic acids is 1. The van der Waals surface area contributed by atoms with E-state index in [-0.39, 0.29) is 18.7 Å². The molecule has 1 rings (SSSR count). The molecule has 7 nitrogen and oxygen atoms in total. The van der Waals surface area contributed by atoms with Crippen LogP contribution in [0, 0.1) is 6.92 Å². The normalized spacial score (nSPS) is 9.31. The summed E-state index contributed by atoms with van der Waals surface area (Å²) in [5.41, 5.74) is 8.32. The van der Waals surface area contributed by atoms with Crippen LogP contribution < -0.4 is 10.9 Å². The van der Waals surface area contributed by atoms with E-state index in [4.69, 9.17) is 5.53 Å². The van der Waals surface area contributed by atoms with E-state index in [1.807, 2.05) is 0 Å².